The second-order valence-electron chi connectivity index (χ2n) is 5.00. The molecule has 1 fully saturated rings. The lowest BCUT2D eigenvalue weighted by Crippen LogP contribution is -2.56. The molecule has 23 heavy (non-hydrogen) atoms. The molecule has 1 heterocycles. The van der Waals surface area contributed by atoms with Crippen molar-refractivity contribution in [1.29, 1.82) is 0 Å². The molecule has 0 atom stereocenters. The topological polar surface area (TPSA) is 99.2 Å². The van der Waals surface area contributed by atoms with Crippen LogP contribution in [0.1, 0.15) is 5.56 Å². The van der Waals surface area contributed by atoms with Crippen LogP contribution in [0.25, 0.3) is 0 Å². The molecule has 1 aromatic rings. The first-order valence-corrected chi connectivity index (χ1v) is 6.95. The van der Waals surface area contributed by atoms with Gasteiger partial charge in [0.05, 0.1) is 26.7 Å². The summed E-state index contributed by atoms with van der Waals surface area (Å²) in [5.41, 5.74) is 0.725. The first kappa shape index (κ1) is 16.6. The number of rotatable bonds is 6. The Bertz CT molecular complexity index is 630. The van der Waals surface area contributed by atoms with Gasteiger partial charge in [-0.1, -0.05) is 0 Å². The van der Waals surface area contributed by atoms with Crippen LogP contribution in [-0.2, 0) is 20.9 Å². The van der Waals surface area contributed by atoms with E-state index in [4.69, 9.17) is 9.47 Å². The summed E-state index contributed by atoms with van der Waals surface area (Å²) in [5.74, 6) is -1.81. The van der Waals surface area contributed by atoms with E-state index < -0.39 is 24.3 Å². The molecule has 0 N–H and O–H groups in total. The summed E-state index contributed by atoms with van der Waals surface area (Å²) in [6, 6.07) is 5.17. The van der Waals surface area contributed by atoms with Crippen molar-refractivity contribution in [3.05, 3.63) is 23.8 Å². The van der Waals surface area contributed by atoms with Gasteiger partial charge in [0.2, 0.25) is 0 Å². The summed E-state index contributed by atoms with van der Waals surface area (Å²) < 4.78 is 10.4. The van der Waals surface area contributed by atoms with E-state index in [9.17, 15) is 19.5 Å². The van der Waals surface area contributed by atoms with Gasteiger partial charge in [0.25, 0.3) is 0 Å². The van der Waals surface area contributed by atoms with Gasteiger partial charge in [-0.2, -0.15) is 0 Å². The number of carboxylic acids is 1. The van der Waals surface area contributed by atoms with Gasteiger partial charge in [-0.3, -0.25) is 9.59 Å². The van der Waals surface area contributed by atoms with Crippen LogP contribution >= 0.6 is 0 Å². The molecule has 0 unspecified atom stereocenters. The number of aliphatic carboxylic acids is 1. The number of piperazine rings is 1. The standard InChI is InChI=1S/C15H18N2O6/c1-22-11-4-3-10(12(7-11)23-2)8-16-5-6-17(9-13(18)19)15(21)14(16)20/h3-4,7H,5-6,8-9H2,1-2H3,(H,18,19)/p-1. The van der Waals surface area contributed by atoms with Gasteiger partial charge >= 0.3 is 11.8 Å². The molecule has 8 nitrogen and oxygen atoms in total. The lowest BCUT2D eigenvalue weighted by atomic mass is 10.1. The van der Waals surface area contributed by atoms with Crippen molar-refractivity contribution < 1.29 is 29.0 Å². The van der Waals surface area contributed by atoms with Crippen LogP contribution in [-0.4, -0.2) is 61.4 Å². The zero-order valence-corrected chi connectivity index (χ0v) is 12.9. The maximum absolute atomic E-state index is 12.1. The van der Waals surface area contributed by atoms with Crippen molar-refractivity contribution in [2.45, 2.75) is 6.54 Å². The third-order valence-corrected chi connectivity index (χ3v) is 3.57. The normalized spacial score (nSPS) is 14.9. The summed E-state index contributed by atoms with van der Waals surface area (Å²) in [7, 11) is 3.04. The van der Waals surface area contributed by atoms with Gasteiger partial charge in [0.1, 0.15) is 11.5 Å². The summed E-state index contributed by atoms with van der Waals surface area (Å²) in [6.07, 6.45) is 0. The van der Waals surface area contributed by atoms with E-state index in [1.54, 1.807) is 18.2 Å². The van der Waals surface area contributed by atoms with Gasteiger partial charge < -0.3 is 29.2 Å². The number of benzene rings is 1. The molecule has 0 aliphatic carbocycles. The van der Waals surface area contributed by atoms with E-state index in [0.717, 1.165) is 10.5 Å². The monoisotopic (exact) mass is 321 g/mol. The maximum atomic E-state index is 12.1. The average molecular weight is 321 g/mol. The van der Waals surface area contributed by atoms with Gasteiger partial charge in [-0.15, -0.1) is 0 Å². The van der Waals surface area contributed by atoms with Crippen molar-refractivity contribution in [3.63, 3.8) is 0 Å². The number of ether oxygens (including phenoxy) is 2. The van der Waals surface area contributed by atoms with Crippen LogP contribution in [0.3, 0.4) is 0 Å². The van der Waals surface area contributed by atoms with Gasteiger partial charge in [0, 0.05) is 31.3 Å². The van der Waals surface area contributed by atoms with Crippen LogP contribution in [0.4, 0.5) is 0 Å². The largest absolute Gasteiger partial charge is 0.548 e. The predicted octanol–water partition coefficient (Wildman–Crippen LogP) is -1.38. The average Bonchev–Trinajstić information content (AvgIpc) is 2.54. The molecule has 0 spiro atoms. The van der Waals surface area contributed by atoms with E-state index in [1.165, 1.54) is 19.1 Å². The van der Waals surface area contributed by atoms with Crippen molar-refractivity contribution in [2.24, 2.45) is 0 Å². The number of amides is 2. The Kier molecular flexibility index (Phi) is 5.05. The van der Waals surface area contributed by atoms with Crippen LogP contribution < -0.4 is 14.6 Å². The Labute approximate surface area is 133 Å². The smallest absolute Gasteiger partial charge is 0.312 e. The van der Waals surface area contributed by atoms with Crippen LogP contribution in [0.15, 0.2) is 18.2 Å². The van der Waals surface area contributed by atoms with E-state index >= 15 is 0 Å². The summed E-state index contributed by atoms with van der Waals surface area (Å²) in [5, 5.41) is 10.6. The third-order valence-electron chi connectivity index (χ3n) is 3.57. The van der Waals surface area contributed by atoms with E-state index in [0.29, 0.717) is 11.5 Å². The summed E-state index contributed by atoms with van der Waals surface area (Å²) in [6.45, 7) is 0.00519. The highest BCUT2D eigenvalue weighted by atomic mass is 16.5. The number of methoxy groups -OCH3 is 2. The molecule has 0 saturated carbocycles. The Morgan fingerprint density at radius 1 is 1.13 bits per heavy atom. The van der Waals surface area contributed by atoms with Crippen molar-refractivity contribution in [3.8, 4) is 11.5 Å². The molecular weight excluding hydrogens is 304 g/mol. The summed E-state index contributed by atoms with van der Waals surface area (Å²) in [4.78, 5) is 36.9. The number of nitrogens with zero attached hydrogens (tertiary/aromatic N) is 2. The van der Waals surface area contributed by atoms with Crippen molar-refractivity contribution in [2.75, 3.05) is 33.9 Å². The zero-order valence-electron chi connectivity index (χ0n) is 12.9. The molecule has 0 radical (unpaired) electrons. The molecule has 1 aromatic carbocycles. The third kappa shape index (κ3) is 3.71. The number of hydrogen-bond donors (Lipinski definition) is 0. The summed E-state index contributed by atoms with van der Waals surface area (Å²) >= 11 is 0. The van der Waals surface area contributed by atoms with Crippen molar-refractivity contribution in [1.82, 2.24) is 9.80 Å². The Hall–Kier alpha value is -2.77. The van der Waals surface area contributed by atoms with Crippen LogP contribution in [0.5, 0.6) is 11.5 Å². The quantitative estimate of drug-likeness (QED) is 0.599. The minimum atomic E-state index is -1.39. The van der Waals surface area contributed by atoms with Crippen LogP contribution in [0, 0.1) is 0 Å². The van der Waals surface area contributed by atoms with E-state index in [2.05, 4.69) is 0 Å². The Balaban J connectivity index is 2.11. The second-order valence-corrected chi connectivity index (χ2v) is 5.00. The molecule has 124 valence electrons. The van der Waals surface area contributed by atoms with Gasteiger partial charge in [-0.05, 0) is 12.1 Å². The number of hydrogen-bond acceptors (Lipinski definition) is 6. The molecule has 1 saturated heterocycles. The number of carbonyl (C=O) groups excluding carboxylic acids is 3. The van der Waals surface area contributed by atoms with Crippen molar-refractivity contribution >= 4 is 17.8 Å². The molecule has 1 aliphatic heterocycles. The Morgan fingerprint density at radius 2 is 1.78 bits per heavy atom. The SMILES string of the molecule is COc1ccc(CN2CCN(CC(=O)[O-])C(=O)C2=O)c(OC)c1. The lowest BCUT2D eigenvalue weighted by Gasteiger charge is -2.34. The number of carboxylic acid groups (broad SMARTS) is 1. The fraction of sp³-hybridized carbons (Fsp3) is 0.400. The first-order chi connectivity index (χ1) is 11.0. The molecule has 1 aliphatic rings. The van der Waals surface area contributed by atoms with E-state index in [1.807, 2.05) is 0 Å². The molecule has 0 bridgehead atoms. The molecular formula is C15H17N2O6-. The highest BCUT2D eigenvalue weighted by Crippen LogP contribution is 2.26. The fourth-order valence-corrected chi connectivity index (χ4v) is 2.36. The Morgan fingerprint density at radius 3 is 2.39 bits per heavy atom. The maximum Gasteiger partial charge on any atom is 0.312 e. The zero-order chi connectivity index (χ0) is 17.0. The molecule has 2 amide bonds. The predicted molar refractivity (Wildman–Crippen MR) is 76.6 cm³/mol. The highest BCUT2D eigenvalue weighted by molar-refractivity contribution is 6.35. The van der Waals surface area contributed by atoms with Crippen LogP contribution in [0.2, 0.25) is 0 Å². The first-order valence-electron chi connectivity index (χ1n) is 6.95. The minimum absolute atomic E-state index is 0.150. The lowest BCUT2D eigenvalue weighted by molar-refractivity contribution is -0.306. The number of carbonyl (C=O) groups is 3. The molecule has 8 heteroatoms. The fourth-order valence-electron chi connectivity index (χ4n) is 2.36. The van der Waals surface area contributed by atoms with Gasteiger partial charge in [0.15, 0.2) is 0 Å². The molecule has 2 rings (SSSR count). The van der Waals surface area contributed by atoms with Gasteiger partial charge in [-0.25, -0.2) is 0 Å². The second kappa shape index (κ2) is 6.99. The van der Waals surface area contributed by atoms with E-state index in [-0.39, 0.29) is 19.6 Å². The molecule has 0 aromatic heterocycles. The highest BCUT2D eigenvalue weighted by Gasteiger charge is 2.32. The minimum Gasteiger partial charge on any atom is -0.548 e.